The maximum absolute atomic E-state index is 12.0. The predicted molar refractivity (Wildman–Crippen MR) is 76.5 cm³/mol. The first-order valence-corrected chi connectivity index (χ1v) is 8.00. The Balaban J connectivity index is 1.78. The minimum Gasteiger partial charge on any atom is -0.462 e. The normalized spacial score (nSPS) is 31.9. The minimum absolute atomic E-state index is 0.0221. The van der Waals surface area contributed by atoms with Crippen LogP contribution in [0.15, 0.2) is 0 Å². The number of carbonyl (C=O) groups is 1. The molecule has 0 unspecified atom stereocenters. The SMILES string of the molecule is CCC1(CC)[C@@H](OC(=O)CC[C@@H]2CCCO2)C[C@H]1OC. The fraction of sp³-hybridized carbons (Fsp3) is 0.938. The lowest BCUT2D eigenvalue weighted by molar-refractivity contribution is -0.210. The van der Waals surface area contributed by atoms with Crippen molar-refractivity contribution in [3.05, 3.63) is 0 Å². The highest BCUT2D eigenvalue weighted by molar-refractivity contribution is 5.69. The second kappa shape index (κ2) is 6.90. The van der Waals surface area contributed by atoms with Crippen LogP contribution in [0.2, 0.25) is 0 Å². The molecule has 1 aliphatic heterocycles. The lowest BCUT2D eigenvalue weighted by atomic mass is 9.60. The quantitative estimate of drug-likeness (QED) is 0.674. The van der Waals surface area contributed by atoms with Crippen LogP contribution in [-0.4, -0.2) is 38.0 Å². The van der Waals surface area contributed by atoms with Crippen molar-refractivity contribution in [1.29, 1.82) is 0 Å². The molecule has 0 N–H and O–H groups in total. The number of ether oxygens (including phenoxy) is 3. The van der Waals surface area contributed by atoms with E-state index in [-0.39, 0.29) is 29.7 Å². The van der Waals surface area contributed by atoms with Gasteiger partial charge in [0.05, 0.1) is 12.2 Å². The molecular weight excluding hydrogens is 256 g/mol. The summed E-state index contributed by atoms with van der Waals surface area (Å²) in [6.07, 6.45) is 6.81. The van der Waals surface area contributed by atoms with Gasteiger partial charge in [0.2, 0.25) is 0 Å². The van der Waals surface area contributed by atoms with Crippen LogP contribution in [0.25, 0.3) is 0 Å². The fourth-order valence-electron chi connectivity index (χ4n) is 3.74. The molecule has 1 saturated heterocycles. The summed E-state index contributed by atoms with van der Waals surface area (Å²) in [7, 11) is 1.75. The summed E-state index contributed by atoms with van der Waals surface area (Å²) in [5, 5.41) is 0. The molecular formula is C16H28O4. The van der Waals surface area contributed by atoms with Gasteiger partial charge in [-0.25, -0.2) is 0 Å². The average Bonchev–Trinajstić information content (AvgIpc) is 2.95. The van der Waals surface area contributed by atoms with Crippen LogP contribution in [-0.2, 0) is 19.0 Å². The molecule has 1 heterocycles. The number of rotatable bonds is 7. The summed E-state index contributed by atoms with van der Waals surface area (Å²) in [6, 6.07) is 0. The van der Waals surface area contributed by atoms with Crippen LogP contribution in [0.3, 0.4) is 0 Å². The number of carbonyl (C=O) groups excluding carboxylic acids is 1. The van der Waals surface area contributed by atoms with Gasteiger partial charge in [0.25, 0.3) is 0 Å². The number of hydrogen-bond acceptors (Lipinski definition) is 4. The van der Waals surface area contributed by atoms with Crippen LogP contribution < -0.4 is 0 Å². The molecule has 0 amide bonds. The summed E-state index contributed by atoms with van der Waals surface area (Å²) in [5.41, 5.74) is 0.0221. The molecule has 2 aliphatic rings. The van der Waals surface area contributed by atoms with Crippen LogP contribution in [0.1, 0.15) is 58.8 Å². The summed E-state index contributed by atoms with van der Waals surface area (Å²) in [6.45, 7) is 5.15. The number of methoxy groups -OCH3 is 1. The molecule has 1 aliphatic carbocycles. The molecule has 4 nitrogen and oxygen atoms in total. The highest BCUT2D eigenvalue weighted by atomic mass is 16.6. The van der Waals surface area contributed by atoms with Gasteiger partial charge in [-0.15, -0.1) is 0 Å². The predicted octanol–water partition coefficient (Wildman–Crippen LogP) is 3.08. The Kier molecular flexibility index (Phi) is 5.44. The Morgan fingerprint density at radius 2 is 2.05 bits per heavy atom. The maximum atomic E-state index is 12.0. The molecule has 0 aromatic heterocycles. The molecule has 4 heteroatoms. The Labute approximate surface area is 122 Å². The number of hydrogen-bond donors (Lipinski definition) is 0. The Hall–Kier alpha value is -0.610. The summed E-state index contributed by atoms with van der Waals surface area (Å²) >= 11 is 0. The van der Waals surface area contributed by atoms with Crippen molar-refractivity contribution in [3.8, 4) is 0 Å². The van der Waals surface area contributed by atoms with E-state index in [0.29, 0.717) is 6.42 Å². The molecule has 0 aromatic rings. The van der Waals surface area contributed by atoms with Gasteiger partial charge in [-0.05, 0) is 32.1 Å². The average molecular weight is 284 g/mol. The van der Waals surface area contributed by atoms with Crippen molar-refractivity contribution in [2.45, 2.75) is 77.1 Å². The van der Waals surface area contributed by atoms with Crippen LogP contribution in [0.5, 0.6) is 0 Å². The largest absolute Gasteiger partial charge is 0.462 e. The van der Waals surface area contributed by atoms with Crippen LogP contribution in [0, 0.1) is 5.41 Å². The van der Waals surface area contributed by atoms with Crippen molar-refractivity contribution in [2.75, 3.05) is 13.7 Å². The van der Waals surface area contributed by atoms with E-state index in [4.69, 9.17) is 14.2 Å². The first kappa shape index (κ1) is 15.8. The van der Waals surface area contributed by atoms with Gasteiger partial charge in [-0.2, -0.15) is 0 Å². The first-order valence-electron chi connectivity index (χ1n) is 8.00. The van der Waals surface area contributed by atoms with E-state index in [1.54, 1.807) is 7.11 Å². The van der Waals surface area contributed by atoms with Gasteiger partial charge in [0.15, 0.2) is 0 Å². The van der Waals surface area contributed by atoms with E-state index in [0.717, 1.165) is 45.1 Å². The molecule has 0 aromatic carbocycles. The van der Waals surface area contributed by atoms with Crippen molar-refractivity contribution in [1.82, 2.24) is 0 Å². The zero-order chi connectivity index (χ0) is 14.6. The maximum Gasteiger partial charge on any atom is 0.306 e. The lowest BCUT2D eigenvalue weighted by Crippen LogP contribution is -2.58. The lowest BCUT2D eigenvalue weighted by Gasteiger charge is -2.53. The third-order valence-electron chi connectivity index (χ3n) is 5.28. The van der Waals surface area contributed by atoms with Crippen molar-refractivity contribution < 1.29 is 19.0 Å². The molecule has 116 valence electrons. The van der Waals surface area contributed by atoms with E-state index >= 15 is 0 Å². The molecule has 2 fully saturated rings. The summed E-state index contributed by atoms with van der Waals surface area (Å²) in [4.78, 5) is 12.0. The Morgan fingerprint density at radius 3 is 2.60 bits per heavy atom. The summed E-state index contributed by atoms with van der Waals surface area (Å²) in [5.74, 6) is -0.0775. The van der Waals surface area contributed by atoms with Gasteiger partial charge >= 0.3 is 5.97 Å². The second-order valence-corrected chi connectivity index (χ2v) is 6.05. The topological polar surface area (TPSA) is 44.8 Å². The van der Waals surface area contributed by atoms with Gasteiger partial charge < -0.3 is 14.2 Å². The summed E-state index contributed by atoms with van der Waals surface area (Å²) < 4.78 is 16.8. The van der Waals surface area contributed by atoms with Crippen LogP contribution >= 0.6 is 0 Å². The third kappa shape index (κ3) is 3.01. The van der Waals surface area contributed by atoms with Gasteiger partial charge in [0.1, 0.15) is 6.10 Å². The molecule has 0 spiro atoms. The molecule has 0 bridgehead atoms. The highest BCUT2D eigenvalue weighted by Gasteiger charge is 2.55. The van der Waals surface area contributed by atoms with E-state index < -0.39 is 0 Å². The van der Waals surface area contributed by atoms with Crippen molar-refractivity contribution >= 4 is 5.97 Å². The van der Waals surface area contributed by atoms with Crippen molar-refractivity contribution in [2.24, 2.45) is 5.41 Å². The Morgan fingerprint density at radius 1 is 1.30 bits per heavy atom. The zero-order valence-electron chi connectivity index (χ0n) is 13.0. The molecule has 1 saturated carbocycles. The van der Waals surface area contributed by atoms with E-state index in [9.17, 15) is 4.79 Å². The van der Waals surface area contributed by atoms with Gasteiger partial charge in [-0.1, -0.05) is 13.8 Å². The van der Waals surface area contributed by atoms with E-state index in [1.807, 2.05) is 0 Å². The third-order valence-corrected chi connectivity index (χ3v) is 5.28. The zero-order valence-corrected chi connectivity index (χ0v) is 13.0. The van der Waals surface area contributed by atoms with Gasteiger partial charge in [0, 0.05) is 32.0 Å². The fourth-order valence-corrected chi connectivity index (χ4v) is 3.74. The monoisotopic (exact) mass is 284 g/mol. The van der Waals surface area contributed by atoms with E-state index in [2.05, 4.69) is 13.8 Å². The standard InChI is InChI=1S/C16H28O4/c1-4-16(5-2)13(18-3)11-14(16)20-15(17)9-8-12-7-6-10-19-12/h12-14H,4-11H2,1-3H3/t12-,13+,14-/m0/s1. The number of esters is 1. The Bertz CT molecular complexity index is 318. The highest BCUT2D eigenvalue weighted by Crippen LogP contribution is 2.50. The minimum atomic E-state index is -0.0775. The molecule has 0 radical (unpaired) electrons. The molecule has 3 atom stereocenters. The van der Waals surface area contributed by atoms with Crippen LogP contribution in [0.4, 0.5) is 0 Å². The van der Waals surface area contributed by atoms with Crippen molar-refractivity contribution in [3.63, 3.8) is 0 Å². The first-order chi connectivity index (χ1) is 9.66. The van der Waals surface area contributed by atoms with Gasteiger partial charge in [-0.3, -0.25) is 4.79 Å². The molecule has 2 rings (SSSR count). The smallest absolute Gasteiger partial charge is 0.306 e. The van der Waals surface area contributed by atoms with E-state index in [1.165, 1.54) is 0 Å². The molecule has 20 heavy (non-hydrogen) atoms. The second-order valence-electron chi connectivity index (χ2n) is 6.05.